The second-order valence-electron chi connectivity index (χ2n) is 3.39. The van der Waals surface area contributed by atoms with Gasteiger partial charge in [-0.1, -0.05) is 0 Å². The van der Waals surface area contributed by atoms with Crippen LogP contribution in [0.15, 0.2) is 0 Å². The molecule has 0 aliphatic carbocycles. The molecule has 0 aliphatic heterocycles. The molecule has 6 heteroatoms. The molecule has 98 valence electrons. The fourth-order valence-corrected chi connectivity index (χ4v) is 1.34. The maximum atomic E-state index is 10.5. The van der Waals surface area contributed by atoms with Gasteiger partial charge >= 0.3 is 6.18 Å². The SMILES string of the molecule is CC[N+](CC)(CC)CC.O=C([O-])C(F)(F)F. The second kappa shape index (κ2) is 7.49. The molecule has 0 spiro atoms. The fraction of sp³-hybridized carbons (Fsp3) is 0.900. The van der Waals surface area contributed by atoms with Crippen molar-refractivity contribution in [1.29, 1.82) is 0 Å². The average Bonchev–Trinajstić information content (AvgIpc) is 2.21. The van der Waals surface area contributed by atoms with E-state index < -0.39 is 12.1 Å². The molecule has 0 radical (unpaired) electrons. The molecule has 0 aliphatic rings. The predicted molar refractivity (Wildman–Crippen MR) is 53.5 cm³/mol. The van der Waals surface area contributed by atoms with E-state index in [0.29, 0.717) is 0 Å². The third kappa shape index (κ3) is 6.66. The molecule has 0 aromatic heterocycles. The standard InChI is InChI=1S/C8H20N.C2HF3O2/c1-5-9(6-2,7-3)8-4;3-2(4,5)1(6)7/h5-8H2,1-4H3;(H,6,7)/q+1;/p-1. The molecule has 0 saturated carbocycles. The maximum absolute atomic E-state index is 10.5. The average molecular weight is 243 g/mol. The van der Waals surface area contributed by atoms with Crippen molar-refractivity contribution < 1.29 is 27.6 Å². The Kier molecular flexibility index (Phi) is 8.24. The zero-order chi connectivity index (χ0) is 13.4. The minimum atomic E-state index is -5.19. The minimum absolute atomic E-state index is 1.28. The quantitative estimate of drug-likeness (QED) is 0.696. The van der Waals surface area contributed by atoms with E-state index in [1.54, 1.807) is 0 Å². The summed E-state index contributed by atoms with van der Waals surface area (Å²) in [4.78, 5) is 8.78. The number of rotatable bonds is 4. The van der Waals surface area contributed by atoms with Crippen molar-refractivity contribution in [2.24, 2.45) is 0 Å². The molecule has 0 aromatic rings. The summed E-state index contributed by atoms with van der Waals surface area (Å²) in [6.07, 6.45) is -5.19. The number of aliphatic carboxylic acids is 1. The molecule has 0 N–H and O–H groups in total. The van der Waals surface area contributed by atoms with Crippen LogP contribution in [0.25, 0.3) is 0 Å². The smallest absolute Gasteiger partial charge is 0.430 e. The highest BCUT2D eigenvalue weighted by molar-refractivity contribution is 5.70. The highest BCUT2D eigenvalue weighted by atomic mass is 19.4. The van der Waals surface area contributed by atoms with Crippen LogP contribution >= 0.6 is 0 Å². The topological polar surface area (TPSA) is 40.1 Å². The summed E-state index contributed by atoms with van der Waals surface area (Å²) in [5.41, 5.74) is 0. The van der Waals surface area contributed by atoms with E-state index >= 15 is 0 Å². The summed E-state index contributed by atoms with van der Waals surface area (Å²) >= 11 is 0. The summed E-state index contributed by atoms with van der Waals surface area (Å²) in [5, 5.41) is 8.78. The Labute approximate surface area is 94.5 Å². The van der Waals surface area contributed by atoms with Gasteiger partial charge in [-0.05, 0) is 27.7 Å². The first kappa shape index (κ1) is 17.6. The van der Waals surface area contributed by atoms with E-state index in [4.69, 9.17) is 9.90 Å². The predicted octanol–water partition coefficient (Wildman–Crippen LogP) is 1.18. The zero-order valence-electron chi connectivity index (χ0n) is 10.2. The van der Waals surface area contributed by atoms with Gasteiger partial charge in [0.15, 0.2) is 0 Å². The van der Waals surface area contributed by atoms with Gasteiger partial charge in [-0.2, -0.15) is 13.2 Å². The number of carbonyl (C=O) groups is 1. The lowest BCUT2D eigenvalue weighted by Gasteiger charge is -2.34. The molecule has 0 bridgehead atoms. The number of hydrogen-bond acceptors (Lipinski definition) is 2. The largest absolute Gasteiger partial charge is 0.542 e. The Morgan fingerprint density at radius 1 is 1.00 bits per heavy atom. The van der Waals surface area contributed by atoms with Gasteiger partial charge in [0.05, 0.1) is 26.2 Å². The van der Waals surface area contributed by atoms with Crippen LogP contribution in [0, 0.1) is 0 Å². The molecule has 3 nitrogen and oxygen atoms in total. The number of alkyl halides is 3. The van der Waals surface area contributed by atoms with Crippen LogP contribution in [0.4, 0.5) is 13.2 Å². The molecule has 0 unspecified atom stereocenters. The molecule has 0 atom stereocenters. The van der Waals surface area contributed by atoms with E-state index in [-0.39, 0.29) is 0 Å². The third-order valence-electron chi connectivity index (χ3n) is 2.91. The highest BCUT2D eigenvalue weighted by Gasteiger charge is 2.28. The van der Waals surface area contributed by atoms with Gasteiger partial charge in [-0.3, -0.25) is 0 Å². The summed E-state index contributed by atoms with van der Waals surface area (Å²) < 4.78 is 32.8. The highest BCUT2D eigenvalue weighted by Crippen LogP contribution is 2.11. The maximum Gasteiger partial charge on any atom is 0.430 e. The summed E-state index contributed by atoms with van der Waals surface area (Å²) in [6.45, 7) is 14.2. The van der Waals surface area contributed by atoms with Crippen LogP contribution in [0.5, 0.6) is 0 Å². The molecular formula is C10H20F3NO2. The van der Waals surface area contributed by atoms with E-state index in [9.17, 15) is 13.2 Å². The van der Waals surface area contributed by atoms with Crippen LogP contribution in [0.3, 0.4) is 0 Å². The van der Waals surface area contributed by atoms with Crippen LogP contribution in [-0.2, 0) is 4.79 Å². The molecule has 0 heterocycles. The van der Waals surface area contributed by atoms with Gasteiger partial charge in [0, 0.05) is 0 Å². The first-order chi connectivity index (χ1) is 7.19. The normalized spacial score (nSPS) is 11.7. The van der Waals surface area contributed by atoms with Crippen molar-refractivity contribution in [2.75, 3.05) is 26.2 Å². The van der Waals surface area contributed by atoms with E-state index in [0.717, 1.165) is 0 Å². The summed E-state index contributed by atoms with van der Waals surface area (Å²) in [7, 11) is 0. The second-order valence-corrected chi connectivity index (χ2v) is 3.39. The Bertz CT molecular complexity index is 183. The van der Waals surface area contributed by atoms with E-state index in [2.05, 4.69) is 27.7 Å². The summed E-state index contributed by atoms with van der Waals surface area (Å²) in [5.74, 6) is -3.01. The van der Waals surface area contributed by atoms with Gasteiger partial charge in [-0.15, -0.1) is 0 Å². The zero-order valence-corrected chi connectivity index (χ0v) is 10.2. The lowest BCUT2D eigenvalue weighted by Crippen LogP contribution is -2.47. The van der Waals surface area contributed by atoms with Gasteiger partial charge in [-0.25, -0.2) is 0 Å². The fourth-order valence-electron chi connectivity index (χ4n) is 1.34. The van der Waals surface area contributed by atoms with Crippen LogP contribution in [0.2, 0.25) is 0 Å². The number of quaternary nitrogens is 1. The molecule has 0 aromatic carbocycles. The van der Waals surface area contributed by atoms with Gasteiger partial charge in [0.25, 0.3) is 0 Å². The molecule has 16 heavy (non-hydrogen) atoms. The van der Waals surface area contributed by atoms with Crippen LogP contribution in [-0.4, -0.2) is 42.8 Å². The Hall–Kier alpha value is -0.780. The number of nitrogens with zero attached hydrogens (tertiary/aromatic N) is 1. The molecule has 0 fully saturated rings. The number of halogens is 3. The Morgan fingerprint density at radius 3 is 1.19 bits per heavy atom. The molecular weight excluding hydrogens is 223 g/mol. The van der Waals surface area contributed by atoms with Crippen molar-refractivity contribution in [3.8, 4) is 0 Å². The van der Waals surface area contributed by atoms with Gasteiger partial charge in [0.2, 0.25) is 0 Å². The van der Waals surface area contributed by atoms with Crippen LogP contribution < -0.4 is 5.11 Å². The van der Waals surface area contributed by atoms with Crippen molar-refractivity contribution >= 4 is 5.97 Å². The van der Waals surface area contributed by atoms with Crippen molar-refractivity contribution in [2.45, 2.75) is 33.9 Å². The van der Waals surface area contributed by atoms with Crippen molar-refractivity contribution in [1.82, 2.24) is 0 Å². The number of carboxylic acids is 1. The van der Waals surface area contributed by atoms with Crippen molar-refractivity contribution in [3.05, 3.63) is 0 Å². The molecule has 0 rings (SSSR count). The lowest BCUT2D eigenvalue weighted by atomic mass is 10.3. The molecule has 0 saturated heterocycles. The van der Waals surface area contributed by atoms with E-state index in [1.807, 2.05) is 0 Å². The number of hydrogen-bond donors (Lipinski definition) is 0. The minimum Gasteiger partial charge on any atom is -0.542 e. The molecule has 0 amide bonds. The monoisotopic (exact) mass is 243 g/mol. The third-order valence-corrected chi connectivity index (χ3v) is 2.91. The first-order valence-corrected chi connectivity index (χ1v) is 5.32. The van der Waals surface area contributed by atoms with Gasteiger partial charge in [0.1, 0.15) is 5.97 Å². The lowest BCUT2D eigenvalue weighted by molar-refractivity contribution is -0.921. The van der Waals surface area contributed by atoms with Gasteiger partial charge < -0.3 is 14.4 Å². The first-order valence-electron chi connectivity index (χ1n) is 5.32. The van der Waals surface area contributed by atoms with E-state index in [1.165, 1.54) is 30.7 Å². The van der Waals surface area contributed by atoms with Crippen molar-refractivity contribution in [3.63, 3.8) is 0 Å². The van der Waals surface area contributed by atoms with Crippen LogP contribution in [0.1, 0.15) is 27.7 Å². The summed E-state index contributed by atoms with van der Waals surface area (Å²) in [6, 6.07) is 0. The number of carboxylic acid groups (broad SMARTS) is 1. The Morgan fingerprint density at radius 2 is 1.19 bits per heavy atom. The Balaban J connectivity index is 0. The number of carbonyl (C=O) groups excluding carboxylic acids is 1.